The number of carboxylic acid groups (broad SMARTS) is 1. The van der Waals surface area contributed by atoms with Crippen LogP contribution in [0.2, 0.25) is 5.02 Å². The molecule has 2 N–H and O–H groups in total. The number of esters is 1. The van der Waals surface area contributed by atoms with E-state index in [-0.39, 0.29) is 35.9 Å². The highest BCUT2D eigenvalue weighted by Gasteiger charge is 2.57. The van der Waals surface area contributed by atoms with Crippen molar-refractivity contribution in [3.8, 4) is 0 Å². The number of hydrogen-bond acceptors (Lipinski definition) is 8. The normalized spacial score (nSPS) is 26.6. The molecule has 3 aliphatic heterocycles. The van der Waals surface area contributed by atoms with Crippen LogP contribution in [0.4, 0.5) is 13.2 Å². The largest absolute Gasteiger partial charge is 0.481 e. The molecule has 3 aliphatic rings. The Labute approximate surface area is 225 Å². The van der Waals surface area contributed by atoms with E-state index in [1.54, 1.807) is 22.5 Å². The zero-order chi connectivity index (χ0) is 27.2. The Balaban J connectivity index is 1.56. The zero-order valence-electron chi connectivity index (χ0n) is 20.2. The average molecular weight is 569 g/mol. The van der Waals surface area contributed by atoms with Gasteiger partial charge in [0, 0.05) is 42.7 Å². The van der Waals surface area contributed by atoms with Crippen LogP contribution in [0.1, 0.15) is 42.3 Å². The van der Waals surface area contributed by atoms with Crippen LogP contribution < -0.4 is 5.32 Å². The lowest BCUT2D eigenvalue weighted by atomic mass is 9.87. The van der Waals surface area contributed by atoms with Crippen molar-refractivity contribution >= 4 is 40.7 Å². The number of thiazole rings is 1. The number of aliphatic carboxylic acids is 1. The molecule has 2 bridgehead atoms. The third kappa shape index (κ3) is 5.04. The maximum atomic E-state index is 15.1. The van der Waals surface area contributed by atoms with Gasteiger partial charge in [-0.2, -0.15) is 0 Å². The fraction of sp³-hybridized carbons (Fsp3) is 0.440. The average Bonchev–Trinajstić information content (AvgIpc) is 3.44. The number of carboxylic acids is 1. The minimum absolute atomic E-state index is 0.0237. The van der Waals surface area contributed by atoms with Crippen molar-refractivity contribution in [2.24, 2.45) is 10.9 Å². The number of hydrogen-bond donors (Lipinski definition) is 2. The molecule has 8 nitrogen and oxygen atoms in total. The number of piperidine rings is 1. The molecule has 202 valence electrons. The second-order valence-electron chi connectivity index (χ2n) is 9.64. The topological polar surface area (TPSA) is 104 Å². The monoisotopic (exact) mass is 568 g/mol. The number of aliphatic imine (C=N–C) groups is 1. The maximum absolute atomic E-state index is 15.1. The smallest absolute Gasteiger partial charge is 0.338 e. The fourth-order valence-electron chi connectivity index (χ4n) is 5.67. The summed E-state index contributed by atoms with van der Waals surface area (Å²) >= 11 is 7.16. The summed E-state index contributed by atoms with van der Waals surface area (Å²) in [4.78, 5) is 34.9. The van der Waals surface area contributed by atoms with Gasteiger partial charge in [-0.25, -0.2) is 22.9 Å². The van der Waals surface area contributed by atoms with Crippen molar-refractivity contribution in [1.82, 2.24) is 15.2 Å². The highest BCUT2D eigenvalue weighted by molar-refractivity contribution is 7.11. The first kappa shape index (κ1) is 26.6. The van der Waals surface area contributed by atoms with Gasteiger partial charge >= 0.3 is 11.9 Å². The first-order chi connectivity index (χ1) is 18.1. The number of methoxy groups -OCH3 is 1. The van der Waals surface area contributed by atoms with Crippen molar-refractivity contribution in [3.05, 3.63) is 62.5 Å². The van der Waals surface area contributed by atoms with Gasteiger partial charge in [-0.3, -0.25) is 14.7 Å². The van der Waals surface area contributed by atoms with Gasteiger partial charge in [0.2, 0.25) is 0 Å². The number of amidine groups is 1. The second-order valence-corrected chi connectivity index (χ2v) is 10.9. The summed E-state index contributed by atoms with van der Waals surface area (Å²) in [7, 11) is 1.20. The van der Waals surface area contributed by atoms with E-state index in [1.807, 2.05) is 0 Å². The standard InChI is InChI=1S/C25H24ClF3N4O4S/c1-37-24(36)20-17(11-33-14-6-12(8-19(34)35)7-18(33)25(28,29)10-14)31-22(23-30-4-5-38-23)32-21(20)13-2-3-15(26)16(27)9-13/h2-5,9,12,14,18,21H,6-8,10-11H2,1H3,(H,31,32)(H,34,35). The Kier molecular flexibility index (Phi) is 7.23. The Bertz CT molecular complexity index is 1320. The molecule has 0 spiro atoms. The molecule has 1 aromatic carbocycles. The molecule has 2 saturated heterocycles. The third-order valence-electron chi connectivity index (χ3n) is 7.26. The van der Waals surface area contributed by atoms with Crippen LogP contribution >= 0.6 is 22.9 Å². The van der Waals surface area contributed by atoms with Crippen LogP contribution in [-0.2, 0) is 14.3 Å². The summed E-state index contributed by atoms with van der Waals surface area (Å²) in [5.41, 5.74) is 0.681. The lowest BCUT2D eigenvalue weighted by molar-refractivity contribution is -0.139. The zero-order valence-corrected chi connectivity index (χ0v) is 21.7. The number of carbonyl (C=O) groups excluding carboxylic acids is 1. The van der Waals surface area contributed by atoms with Gasteiger partial charge in [-0.05, 0) is 36.5 Å². The summed E-state index contributed by atoms with van der Waals surface area (Å²) in [6.07, 6.45) is 1.34. The number of nitrogens with zero attached hydrogens (tertiary/aromatic N) is 3. The predicted octanol–water partition coefficient (Wildman–Crippen LogP) is 4.42. The summed E-state index contributed by atoms with van der Waals surface area (Å²) in [5.74, 6) is -5.52. The van der Waals surface area contributed by atoms with Gasteiger partial charge in [-0.1, -0.05) is 17.7 Å². The first-order valence-corrected chi connectivity index (χ1v) is 13.2. The molecule has 5 rings (SSSR count). The van der Waals surface area contributed by atoms with Crippen LogP contribution in [0.25, 0.3) is 0 Å². The molecule has 13 heteroatoms. The number of rotatable bonds is 7. The van der Waals surface area contributed by atoms with Crippen LogP contribution in [0.5, 0.6) is 0 Å². The quantitative estimate of drug-likeness (QED) is 0.477. The number of ether oxygens (including phenoxy) is 1. The van der Waals surface area contributed by atoms with E-state index in [2.05, 4.69) is 15.3 Å². The highest BCUT2D eigenvalue weighted by atomic mass is 35.5. The molecular formula is C25H24ClF3N4O4S. The molecule has 0 saturated carbocycles. The van der Waals surface area contributed by atoms with Crippen LogP contribution in [0, 0.1) is 11.7 Å². The van der Waals surface area contributed by atoms with E-state index >= 15 is 8.78 Å². The lowest BCUT2D eigenvalue weighted by Crippen LogP contribution is -2.50. The lowest BCUT2D eigenvalue weighted by Gasteiger charge is -2.40. The van der Waals surface area contributed by atoms with Crippen LogP contribution in [-0.4, -0.2) is 64.4 Å². The number of nitrogens with one attached hydrogen (secondary N) is 1. The van der Waals surface area contributed by atoms with E-state index in [4.69, 9.17) is 16.3 Å². The van der Waals surface area contributed by atoms with Gasteiger partial charge in [0.1, 0.15) is 11.9 Å². The Morgan fingerprint density at radius 3 is 2.76 bits per heavy atom. The SMILES string of the molecule is COC(=O)C1=C(CN2C3CC(CC(=O)O)CC2C(F)(F)C3)NC(c2nccs2)=NC1c1ccc(Cl)c(F)c1. The Hall–Kier alpha value is -2.96. The van der Waals surface area contributed by atoms with Crippen LogP contribution in [0.3, 0.4) is 0 Å². The number of benzene rings is 1. The first-order valence-electron chi connectivity index (χ1n) is 11.9. The number of aromatic nitrogens is 1. The Morgan fingerprint density at radius 2 is 2.13 bits per heavy atom. The number of alkyl halides is 2. The van der Waals surface area contributed by atoms with Crippen molar-refractivity contribution < 1.29 is 32.6 Å². The third-order valence-corrected chi connectivity index (χ3v) is 8.34. The second kappa shape index (κ2) is 10.3. The van der Waals surface area contributed by atoms with Crippen molar-refractivity contribution in [1.29, 1.82) is 0 Å². The fourth-order valence-corrected chi connectivity index (χ4v) is 6.37. The molecule has 4 unspecified atom stereocenters. The molecule has 4 atom stereocenters. The maximum Gasteiger partial charge on any atom is 0.338 e. The number of carbonyl (C=O) groups is 2. The van der Waals surface area contributed by atoms with Gasteiger partial charge in [-0.15, -0.1) is 11.3 Å². The molecule has 4 heterocycles. The van der Waals surface area contributed by atoms with Gasteiger partial charge in [0.15, 0.2) is 10.8 Å². The van der Waals surface area contributed by atoms with Gasteiger partial charge in [0.25, 0.3) is 5.92 Å². The Morgan fingerprint density at radius 1 is 1.34 bits per heavy atom. The minimum atomic E-state index is -3.01. The van der Waals surface area contributed by atoms with Gasteiger partial charge < -0.3 is 15.2 Å². The molecule has 0 amide bonds. The summed E-state index contributed by atoms with van der Waals surface area (Å²) in [6, 6.07) is 1.31. The van der Waals surface area contributed by atoms with E-state index in [1.165, 1.54) is 30.6 Å². The number of halogens is 4. The molecule has 0 radical (unpaired) electrons. The molecule has 38 heavy (non-hydrogen) atoms. The minimum Gasteiger partial charge on any atom is -0.481 e. The van der Waals surface area contributed by atoms with Crippen molar-refractivity contribution in [2.75, 3.05) is 13.7 Å². The van der Waals surface area contributed by atoms with Crippen LogP contribution in [0.15, 0.2) is 46.0 Å². The van der Waals surface area contributed by atoms with Gasteiger partial charge in [0.05, 0.1) is 23.7 Å². The summed E-state index contributed by atoms with van der Waals surface area (Å²) in [5, 5.41) is 14.5. The van der Waals surface area contributed by atoms with Crippen molar-refractivity contribution in [2.45, 2.75) is 49.7 Å². The number of fused-ring (bicyclic) bond motifs is 2. The van der Waals surface area contributed by atoms with E-state index < -0.39 is 48.2 Å². The molecule has 2 aromatic rings. The molecule has 1 aromatic heterocycles. The van der Waals surface area contributed by atoms with E-state index in [0.29, 0.717) is 28.5 Å². The summed E-state index contributed by atoms with van der Waals surface area (Å²) in [6.45, 7) is -0.0634. The highest BCUT2D eigenvalue weighted by Crippen LogP contribution is 2.49. The van der Waals surface area contributed by atoms with Crippen molar-refractivity contribution in [3.63, 3.8) is 0 Å². The molecule has 2 fully saturated rings. The molecule has 0 aliphatic carbocycles. The predicted molar refractivity (Wildman–Crippen MR) is 134 cm³/mol. The van der Waals surface area contributed by atoms with E-state index in [9.17, 15) is 19.1 Å². The van der Waals surface area contributed by atoms with E-state index in [0.717, 1.165) is 0 Å². The molecular weight excluding hydrogens is 545 g/mol. The summed E-state index contributed by atoms with van der Waals surface area (Å²) < 4.78 is 49.6.